The number of esters is 1. The van der Waals surface area contributed by atoms with Gasteiger partial charge in [-0.3, -0.25) is 4.98 Å². The third kappa shape index (κ3) is 3.28. The zero-order valence-electron chi connectivity index (χ0n) is 10.4. The van der Waals surface area contributed by atoms with E-state index in [1.807, 2.05) is 19.1 Å². The zero-order valence-corrected chi connectivity index (χ0v) is 10.4. The molecular weight excluding hydrogens is 247 g/mol. The summed E-state index contributed by atoms with van der Waals surface area (Å²) in [5, 5.41) is 0. The average molecular weight is 260 g/mol. The topological polar surface area (TPSA) is 65.2 Å². The van der Waals surface area contributed by atoms with Crippen molar-refractivity contribution in [3.63, 3.8) is 0 Å². The van der Waals surface area contributed by atoms with Gasteiger partial charge in [0.15, 0.2) is 0 Å². The molecule has 2 rings (SSSR count). The lowest BCUT2D eigenvalue weighted by Crippen LogP contribution is -2.09. The van der Waals surface area contributed by atoms with Gasteiger partial charge in [0.05, 0.1) is 11.3 Å². The number of nitrogens with two attached hydrogens (primary N) is 1. The van der Waals surface area contributed by atoms with E-state index in [0.29, 0.717) is 5.69 Å². The molecule has 98 valence electrons. The molecule has 5 heteroatoms. The van der Waals surface area contributed by atoms with Crippen molar-refractivity contribution in [1.29, 1.82) is 0 Å². The highest BCUT2D eigenvalue weighted by atomic mass is 19.1. The molecule has 0 spiro atoms. The van der Waals surface area contributed by atoms with Crippen molar-refractivity contribution in [3.05, 3.63) is 59.2 Å². The summed E-state index contributed by atoms with van der Waals surface area (Å²) in [6, 6.07) is 8.99. The van der Waals surface area contributed by atoms with Crippen LogP contribution in [0.3, 0.4) is 0 Å². The number of anilines is 1. The van der Waals surface area contributed by atoms with Crippen LogP contribution in [0.25, 0.3) is 0 Å². The SMILES string of the molecule is Cc1cccc(COC(=O)c2ccc(F)cc2N)n1. The van der Waals surface area contributed by atoms with Crippen molar-refractivity contribution in [3.8, 4) is 0 Å². The van der Waals surface area contributed by atoms with Crippen LogP contribution < -0.4 is 5.73 Å². The van der Waals surface area contributed by atoms with Gasteiger partial charge in [0.2, 0.25) is 0 Å². The lowest BCUT2D eigenvalue weighted by molar-refractivity contribution is 0.0469. The van der Waals surface area contributed by atoms with E-state index in [1.54, 1.807) is 6.07 Å². The monoisotopic (exact) mass is 260 g/mol. The molecule has 2 N–H and O–H groups in total. The van der Waals surface area contributed by atoms with Crippen LogP contribution in [-0.2, 0) is 11.3 Å². The Kier molecular flexibility index (Phi) is 3.75. The van der Waals surface area contributed by atoms with Crippen molar-refractivity contribution in [2.24, 2.45) is 0 Å². The summed E-state index contributed by atoms with van der Waals surface area (Å²) in [6.07, 6.45) is 0. The minimum Gasteiger partial charge on any atom is -0.456 e. The van der Waals surface area contributed by atoms with E-state index in [4.69, 9.17) is 10.5 Å². The van der Waals surface area contributed by atoms with Gasteiger partial charge in [-0.05, 0) is 37.3 Å². The second-order valence-electron chi connectivity index (χ2n) is 4.08. The molecule has 1 aromatic heterocycles. The average Bonchev–Trinajstić information content (AvgIpc) is 2.36. The first-order chi connectivity index (χ1) is 9.06. The van der Waals surface area contributed by atoms with Gasteiger partial charge >= 0.3 is 5.97 Å². The highest BCUT2D eigenvalue weighted by molar-refractivity contribution is 5.94. The molecular formula is C14H13FN2O2. The second-order valence-corrected chi connectivity index (χ2v) is 4.08. The molecule has 0 atom stereocenters. The van der Waals surface area contributed by atoms with Crippen LogP contribution >= 0.6 is 0 Å². The van der Waals surface area contributed by atoms with Crippen LogP contribution in [0.1, 0.15) is 21.7 Å². The van der Waals surface area contributed by atoms with Gasteiger partial charge in [0, 0.05) is 11.4 Å². The predicted molar refractivity (Wildman–Crippen MR) is 68.9 cm³/mol. The molecule has 0 aliphatic carbocycles. The summed E-state index contributed by atoms with van der Waals surface area (Å²) in [7, 11) is 0. The van der Waals surface area contributed by atoms with Crippen LogP contribution in [0.15, 0.2) is 36.4 Å². The van der Waals surface area contributed by atoms with Crippen LogP contribution in [0.5, 0.6) is 0 Å². The van der Waals surface area contributed by atoms with E-state index in [1.165, 1.54) is 6.07 Å². The Morgan fingerprint density at radius 3 is 2.84 bits per heavy atom. The lowest BCUT2D eigenvalue weighted by Gasteiger charge is -2.07. The molecule has 0 saturated carbocycles. The van der Waals surface area contributed by atoms with Gasteiger partial charge in [0.1, 0.15) is 12.4 Å². The molecule has 0 fully saturated rings. The van der Waals surface area contributed by atoms with Crippen molar-refractivity contribution in [1.82, 2.24) is 4.98 Å². The number of benzene rings is 1. The molecule has 0 radical (unpaired) electrons. The fourth-order valence-corrected chi connectivity index (χ4v) is 1.62. The Balaban J connectivity index is 2.05. The summed E-state index contributed by atoms with van der Waals surface area (Å²) >= 11 is 0. The van der Waals surface area contributed by atoms with Gasteiger partial charge in [0.25, 0.3) is 0 Å². The maximum absolute atomic E-state index is 12.9. The first-order valence-electron chi connectivity index (χ1n) is 5.71. The fourth-order valence-electron chi connectivity index (χ4n) is 1.62. The molecule has 2 aromatic rings. The molecule has 4 nitrogen and oxygen atoms in total. The Hall–Kier alpha value is -2.43. The smallest absolute Gasteiger partial charge is 0.340 e. The van der Waals surface area contributed by atoms with Crippen molar-refractivity contribution in [2.75, 3.05) is 5.73 Å². The Bertz CT molecular complexity index is 614. The summed E-state index contributed by atoms with van der Waals surface area (Å²) in [4.78, 5) is 16.0. The Morgan fingerprint density at radius 2 is 2.16 bits per heavy atom. The normalized spacial score (nSPS) is 10.2. The third-order valence-corrected chi connectivity index (χ3v) is 2.53. The molecule has 19 heavy (non-hydrogen) atoms. The van der Waals surface area contributed by atoms with Crippen molar-refractivity contribution >= 4 is 11.7 Å². The molecule has 0 aliphatic rings. The van der Waals surface area contributed by atoms with Crippen molar-refractivity contribution in [2.45, 2.75) is 13.5 Å². The van der Waals surface area contributed by atoms with E-state index in [2.05, 4.69) is 4.98 Å². The summed E-state index contributed by atoms with van der Waals surface area (Å²) < 4.78 is 17.9. The number of carbonyl (C=O) groups is 1. The van der Waals surface area contributed by atoms with Crippen molar-refractivity contribution < 1.29 is 13.9 Å². The van der Waals surface area contributed by atoms with Gasteiger partial charge in [-0.15, -0.1) is 0 Å². The minimum absolute atomic E-state index is 0.0529. The summed E-state index contributed by atoms with van der Waals surface area (Å²) in [6.45, 7) is 1.90. The number of halogens is 1. The lowest BCUT2D eigenvalue weighted by atomic mass is 10.2. The number of nitrogen functional groups attached to an aromatic ring is 1. The Labute approximate surface area is 110 Å². The number of hydrogen-bond acceptors (Lipinski definition) is 4. The highest BCUT2D eigenvalue weighted by Crippen LogP contribution is 2.15. The molecule has 1 aromatic carbocycles. The predicted octanol–water partition coefficient (Wildman–Crippen LogP) is 2.47. The first kappa shape index (κ1) is 13.0. The van der Waals surface area contributed by atoms with Crippen LogP contribution in [0.2, 0.25) is 0 Å². The minimum atomic E-state index is -0.596. The number of aryl methyl sites for hydroxylation is 1. The number of ether oxygens (including phenoxy) is 1. The van der Waals surface area contributed by atoms with E-state index >= 15 is 0 Å². The standard InChI is InChI=1S/C14H13FN2O2/c1-9-3-2-4-11(17-9)8-19-14(18)12-6-5-10(15)7-13(12)16/h2-7H,8,16H2,1H3. The molecule has 0 saturated heterocycles. The Morgan fingerprint density at radius 1 is 1.37 bits per heavy atom. The second kappa shape index (κ2) is 5.48. The highest BCUT2D eigenvalue weighted by Gasteiger charge is 2.12. The van der Waals surface area contributed by atoms with Gasteiger partial charge in [-0.1, -0.05) is 6.07 Å². The number of carbonyl (C=O) groups excluding carboxylic acids is 1. The maximum Gasteiger partial charge on any atom is 0.340 e. The van der Waals surface area contributed by atoms with E-state index in [9.17, 15) is 9.18 Å². The third-order valence-electron chi connectivity index (χ3n) is 2.53. The number of rotatable bonds is 3. The zero-order chi connectivity index (χ0) is 13.8. The van der Waals surface area contributed by atoms with Crippen LogP contribution in [0, 0.1) is 12.7 Å². The van der Waals surface area contributed by atoms with E-state index in [-0.39, 0.29) is 17.9 Å². The largest absolute Gasteiger partial charge is 0.456 e. The molecule has 0 amide bonds. The van der Waals surface area contributed by atoms with E-state index in [0.717, 1.165) is 17.8 Å². The number of nitrogens with zero attached hydrogens (tertiary/aromatic N) is 1. The van der Waals surface area contributed by atoms with Gasteiger partial charge in [-0.25, -0.2) is 9.18 Å². The number of hydrogen-bond donors (Lipinski definition) is 1. The number of aromatic nitrogens is 1. The van der Waals surface area contributed by atoms with Crippen LogP contribution in [-0.4, -0.2) is 11.0 Å². The quantitative estimate of drug-likeness (QED) is 0.680. The van der Waals surface area contributed by atoms with Gasteiger partial charge in [-0.2, -0.15) is 0 Å². The summed E-state index contributed by atoms with van der Waals surface area (Å²) in [5.41, 5.74) is 7.25. The maximum atomic E-state index is 12.9. The summed E-state index contributed by atoms with van der Waals surface area (Å²) in [5.74, 6) is -1.09. The molecule has 1 heterocycles. The number of pyridine rings is 1. The fraction of sp³-hybridized carbons (Fsp3) is 0.143. The molecule has 0 aliphatic heterocycles. The van der Waals surface area contributed by atoms with Crippen LogP contribution in [0.4, 0.5) is 10.1 Å². The van der Waals surface area contributed by atoms with E-state index < -0.39 is 11.8 Å². The molecule has 0 bridgehead atoms. The van der Waals surface area contributed by atoms with Gasteiger partial charge < -0.3 is 10.5 Å². The first-order valence-corrected chi connectivity index (χ1v) is 5.71. The molecule has 0 unspecified atom stereocenters.